The second-order valence-corrected chi connectivity index (χ2v) is 3.15. The molecule has 0 atom stereocenters. The summed E-state index contributed by atoms with van der Waals surface area (Å²) < 4.78 is 45.7. The molecule has 7 heteroatoms. The molecule has 4 nitrogen and oxygen atoms in total. The fraction of sp³-hybridized carbons (Fsp3) is 0.200. The minimum Gasteiger partial charge on any atom is -0.497 e. The maximum atomic E-state index is 12.2. The number of halogens is 3. The van der Waals surface area contributed by atoms with Crippen LogP contribution in [0.15, 0.2) is 28.8 Å². The zero-order chi connectivity index (χ0) is 12.5. The predicted octanol–water partition coefficient (Wildman–Crippen LogP) is 2.76. The molecule has 2 aromatic rings. The summed E-state index contributed by atoms with van der Waals surface area (Å²) in [5.74, 6) is -0.878. The van der Waals surface area contributed by atoms with Crippen molar-refractivity contribution < 1.29 is 22.4 Å². The molecule has 0 spiro atoms. The van der Waals surface area contributed by atoms with Crippen molar-refractivity contribution in [3.63, 3.8) is 0 Å². The molecule has 0 aliphatic rings. The molecule has 1 heterocycles. The standard InChI is InChI=1S/C10H7F3N2O2/c1-16-7-4-2-6(3-5-7)8-14-9(17-15-8)10(11,12)13/h2-5H,1H3. The Bertz CT molecular complexity index is 505. The Morgan fingerprint density at radius 2 is 1.82 bits per heavy atom. The molecule has 0 aliphatic heterocycles. The van der Waals surface area contributed by atoms with Gasteiger partial charge >= 0.3 is 12.1 Å². The van der Waals surface area contributed by atoms with Gasteiger partial charge in [0.25, 0.3) is 0 Å². The van der Waals surface area contributed by atoms with Gasteiger partial charge in [-0.15, -0.1) is 0 Å². The van der Waals surface area contributed by atoms with E-state index >= 15 is 0 Å². The lowest BCUT2D eigenvalue weighted by Gasteiger charge is -1.99. The molecule has 90 valence electrons. The molecule has 1 aromatic heterocycles. The van der Waals surface area contributed by atoms with Crippen LogP contribution in [0.3, 0.4) is 0 Å². The Labute approximate surface area is 94.0 Å². The minimum atomic E-state index is -4.63. The third-order valence-electron chi connectivity index (χ3n) is 2.02. The van der Waals surface area contributed by atoms with Crippen molar-refractivity contribution in [3.05, 3.63) is 30.2 Å². The average molecular weight is 244 g/mol. The number of methoxy groups -OCH3 is 1. The number of rotatable bonds is 2. The quantitative estimate of drug-likeness (QED) is 0.814. The maximum Gasteiger partial charge on any atom is 0.471 e. The fourth-order valence-electron chi connectivity index (χ4n) is 1.20. The zero-order valence-corrected chi connectivity index (χ0v) is 8.65. The Morgan fingerprint density at radius 3 is 2.29 bits per heavy atom. The normalized spacial score (nSPS) is 11.5. The van der Waals surface area contributed by atoms with Crippen LogP contribution >= 0.6 is 0 Å². The third-order valence-corrected chi connectivity index (χ3v) is 2.02. The van der Waals surface area contributed by atoms with Crippen molar-refractivity contribution in [1.29, 1.82) is 0 Å². The second kappa shape index (κ2) is 4.08. The van der Waals surface area contributed by atoms with Crippen molar-refractivity contribution in [2.75, 3.05) is 7.11 Å². The molecular weight excluding hydrogens is 237 g/mol. The van der Waals surface area contributed by atoms with Gasteiger partial charge in [-0.2, -0.15) is 18.2 Å². The Balaban J connectivity index is 2.30. The van der Waals surface area contributed by atoms with E-state index in [-0.39, 0.29) is 5.82 Å². The van der Waals surface area contributed by atoms with E-state index in [1.165, 1.54) is 7.11 Å². The number of hydrogen-bond acceptors (Lipinski definition) is 4. The smallest absolute Gasteiger partial charge is 0.471 e. The van der Waals surface area contributed by atoms with Crippen LogP contribution < -0.4 is 4.74 Å². The molecule has 0 unspecified atom stereocenters. The van der Waals surface area contributed by atoms with Crippen LogP contribution in [0.2, 0.25) is 0 Å². The van der Waals surface area contributed by atoms with Gasteiger partial charge < -0.3 is 9.26 Å². The van der Waals surface area contributed by atoms with E-state index in [0.717, 1.165) is 0 Å². The number of ether oxygens (including phenoxy) is 1. The first-order valence-electron chi connectivity index (χ1n) is 4.56. The summed E-state index contributed by atoms with van der Waals surface area (Å²) in [6, 6.07) is 6.28. The van der Waals surface area contributed by atoms with Gasteiger partial charge in [0.1, 0.15) is 5.75 Å². The van der Waals surface area contributed by atoms with Gasteiger partial charge in [-0.3, -0.25) is 0 Å². The molecular formula is C10H7F3N2O2. The van der Waals surface area contributed by atoms with E-state index in [0.29, 0.717) is 11.3 Å². The Hall–Kier alpha value is -2.05. The Kier molecular flexibility index (Phi) is 2.74. The first-order chi connectivity index (χ1) is 8.00. The first-order valence-corrected chi connectivity index (χ1v) is 4.56. The molecule has 0 N–H and O–H groups in total. The highest BCUT2D eigenvalue weighted by molar-refractivity contribution is 5.55. The van der Waals surface area contributed by atoms with Crippen molar-refractivity contribution in [1.82, 2.24) is 10.1 Å². The van der Waals surface area contributed by atoms with Gasteiger partial charge in [-0.25, -0.2) is 0 Å². The number of hydrogen-bond donors (Lipinski definition) is 0. The molecule has 2 rings (SSSR count). The largest absolute Gasteiger partial charge is 0.497 e. The molecule has 17 heavy (non-hydrogen) atoms. The minimum absolute atomic E-state index is 0.111. The van der Waals surface area contributed by atoms with Gasteiger partial charge in [0.15, 0.2) is 0 Å². The number of aromatic nitrogens is 2. The maximum absolute atomic E-state index is 12.2. The number of alkyl halides is 3. The summed E-state index contributed by atoms with van der Waals surface area (Å²) in [6.45, 7) is 0. The highest BCUT2D eigenvalue weighted by Gasteiger charge is 2.38. The summed E-state index contributed by atoms with van der Waals surface area (Å²) in [7, 11) is 1.49. The third kappa shape index (κ3) is 2.38. The van der Waals surface area contributed by atoms with E-state index in [1.54, 1.807) is 24.3 Å². The monoisotopic (exact) mass is 244 g/mol. The van der Waals surface area contributed by atoms with Crippen LogP contribution in [0, 0.1) is 0 Å². The van der Waals surface area contributed by atoms with Crippen LogP contribution in [0.5, 0.6) is 5.75 Å². The summed E-state index contributed by atoms with van der Waals surface area (Å²) in [5, 5.41) is 3.26. The Morgan fingerprint density at radius 1 is 1.18 bits per heavy atom. The molecule has 0 saturated carbocycles. The number of benzene rings is 1. The van der Waals surface area contributed by atoms with Crippen LogP contribution in [0.25, 0.3) is 11.4 Å². The highest BCUT2D eigenvalue weighted by atomic mass is 19.4. The van der Waals surface area contributed by atoms with E-state index < -0.39 is 12.1 Å². The molecule has 0 saturated heterocycles. The molecule has 0 radical (unpaired) electrons. The van der Waals surface area contributed by atoms with Gasteiger partial charge in [0, 0.05) is 5.56 Å². The lowest BCUT2D eigenvalue weighted by molar-refractivity contribution is -0.159. The van der Waals surface area contributed by atoms with Crippen molar-refractivity contribution >= 4 is 0 Å². The molecule has 0 bridgehead atoms. The highest BCUT2D eigenvalue weighted by Crippen LogP contribution is 2.29. The summed E-state index contributed by atoms with van der Waals surface area (Å²) in [5.41, 5.74) is 0.421. The zero-order valence-electron chi connectivity index (χ0n) is 8.65. The van der Waals surface area contributed by atoms with Gasteiger partial charge in [-0.05, 0) is 24.3 Å². The second-order valence-electron chi connectivity index (χ2n) is 3.15. The van der Waals surface area contributed by atoms with E-state index in [1.807, 2.05) is 0 Å². The van der Waals surface area contributed by atoms with E-state index in [2.05, 4.69) is 14.7 Å². The van der Waals surface area contributed by atoms with Crippen LogP contribution in [0.1, 0.15) is 5.89 Å². The molecule has 0 fully saturated rings. The predicted molar refractivity (Wildman–Crippen MR) is 51.3 cm³/mol. The lowest BCUT2D eigenvalue weighted by Crippen LogP contribution is -2.04. The summed E-state index contributed by atoms with van der Waals surface area (Å²) in [4.78, 5) is 3.26. The topological polar surface area (TPSA) is 48.2 Å². The van der Waals surface area contributed by atoms with Crippen molar-refractivity contribution in [2.24, 2.45) is 0 Å². The first kappa shape index (κ1) is 11.4. The van der Waals surface area contributed by atoms with Crippen molar-refractivity contribution in [2.45, 2.75) is 6.18 Å². The van der Waals surface area contributed by atoms with Crippen molar-refractivity contribution in [3.8, 4) is 17.1 Å². The SMILES string of the molecule is COc1ccc(-c2noc(C(F)(F)F)n2)cc1. The fourth-order valence-corrected chi connectivity index (χ4v) is 1.20. The summed E-state index contributed by atoms with van der Waals surface area (Å²) >= 11 is 0. The molecule has 1 aromatic carbocycles. The summed E-state index contributed by atoms with van der Waals surface area (Å²) in [6.07, 6.45) is -4.63. The van der Waals surface area contributed by atoms with Crippen LogP contribution in [-0.4, -0.2) is 17.3 Å². The lowest BCUT2D eigenvalue weighted by atomic mass is 10.2. The van der Waals surface area contributed by atoms with Crippen LogP contribution in [-0.2, 0) is 6.18 Å². The van der Waals surface area contributed by atoms with E-state index in [9.17, 15) is 13.2 Å². The van der Waals surface area contributed by atoms with Gasteiger partial charge in [0.2, 0.25) is 5.82 Å². The van der Waals surface area contributed by atoms with Gasteiger partial charge in [-0.1, -0.05) is 5.16 Å². The molecule has 0 amide bonds. The van der Waals surface area contributed by atoms with Gasteiger partial charge in [0.05, 0.1) is 7.11 Å². The van der Waals surface area contributed by atoms with E-state index in [4.69, 9.17) is 4.74 Å². The van der Waals surface area contributed by atoms with Crippen LogP contribution in [0.4, 0.5) is 13.2 Å². The average Bonchev–Trinajstić information content (AvgIpc) is 2.78. The number of nitrogens with zero attached hydrogens (tertiary/aromatic N) is 2. The molecule has 0 aliphatic carbocycles.